The summed E-state index contributed by atoms with van der Waals surface area (Å²) >= 11 is 0. The van der Waals surface area contributed by atoms with Crippen molar-refractivity contribution in [2.75, 3.05) is 26.2 Å². The van der Waals surface area contributed by atoms with Gasteiger partial charge in [-0.2, -0.15) is 0 Å². The maximum absolute atomic E-state index is 11.9. The van der Waals surface area contributed by atoms with Crippen LogP contribution in [-0.4, -0.2) is 43.3 Å². The first-order chi connectivity index (χ1) is 14.2. The third-order valence-electron chi connectivity index (χ3n) is 6.06. The molecule has 1 unspecified atom stereocenters. The van der Waals surface area contributed by atoms with Gasteiger partial charge in [-0.15, -0.1) is 0 Å². The highest BCUT2D eigenvalue weighted by atomic mass is 16.2. The number of hydrazine groups is 1. The highest BCUT2D eigenvalue weighted by Crippen LogP contribution is 2.13. The van der Waals surface area contributed by atoms with Gasteiger partial charge in [0.05, 0.1) is 0 Å². The first-order valence-electron chi connectivity index (χ1n) is 12.8. The smallest absolute Gasteiger partial charge is 0.329 e. The lowest BCUT2D eigenvalue weighted by molar-refractivity contribution is 0.117. The van der Waals surface area contributed by atoms with E-state index < -0.39 is 0 Å². The molecule has 0 aliphatic carbocycles. The van der Waals surface area contributed by atoms with Crippen molar-refractivity contribution in [2.45, 2.75) is 123 Å². The fraction of sp³-hybridized carbons (Fsp3) is 0.958. The highest BCUT2D eigenvalue weighted by molar-refractivity contribution is 5.73. The maximum atomic E-state index is 11.9. The molecule has 1 fully saturated rings. The second-order valence-corrected chi connectivity index (χ2v) is 8.92. The lowest BCUT2D eigenvalue weighted by atomic mass is 10.0. The molecule has 1 heterocycles. The normalized spacial score (nSPS) is 17.4. The van der Waals surface area contributed by atoms with E-state index in [1.54, 1.807) is 0 Å². The zero-order valence-electron chi connectivity index (χ0n) is 19.6. The summed E-state index contributed by atoms with van der Waals surface area (Å²) in [5, 5.41) is 8.34. The number of piperazine rings is 1. The molecule has 1 aliphatic heterocycles. The van der Waals surface area contributed by atoms with Crippen LogP contribution in [0.5, 0.6) is 0 Å². The van der Waals surface area contributed by atoms with Crippen LogP contribution < -0.4 is 16.1 Å². The van der Waals surface area contributed by atoms with Crippen LogP contribution in [0.25, 0.3) is 0 Å². The zero-order valence-corrected chi connectivity index (χ0v) is 19.6. The first kappa shape index (κ1) is 26.2. The number of carbonyl (C=O) groups excluding carboxylic acids is 1. The molecule has 0 saturated carbocycles. The van der Waals surface area contributed by atoms with Gasteiger partial charge in [-0.1, -0.05) is 103 Å². The average Bonchev–Trinajstić information content (AvgIpc) is 2.72. The topological polar surface area (TPSA) is 56.4 Å². The third-order valence-corrected chi connectivity index (χ3v) is 6.06. The molecular weight excluding hydrogens is 360 g/mol. The lowest BCUT2D eigenvalue weighted by Crippen LogP contribution is -2.58. The van der Waals surface area contributed by atoms with Crippen molar-refractivity contribution in [1.82, 2.24) is 21.1 Å². The molecule has 0 bridgehead atoms. The second kappa shape index (κ2) is 19.2. The quantitative estimate of drug-likeness (QED) is 0.252. The molecule has 0 aromatic rings. The van der Waals surface area contributed by atoms with Gasteiger partial charge < -0.3 is 10.6 Å². The number of urea groups is 1. The van der Waals surface area contributed by atoms with Crippen LogP contribution >= 0.6 is 0 Å². The predicted octanol–water partition coefficient (Wildman–Crippen LogP) is 5.76. The van der Waals surface area contributed by atoms with Gasteiger partial charge in [0.15, 0.2) is 0 Å². The summed E-state index contributed by atoms with van der Waals surface area (Å²) in [5.74, 6) is 0. The van der Waals surface area contributed by atoms with Gasteiger partial charge in [-0.25, -0.2) is 9.80 Å². The van der Waals surface area contributed by atoms with Gasteiger partial charge in [0.1, 0.15) is 0 Å². The molecule has 0 aromatic carbocycles. The van der Waals surface area contributed by atoms with Crippen LogP contribution in [0, 0.1) is 0 Å². The van der Waals surface area contributed by atoms with E-state index >= 15 is 0 Å². The van der Waals surface area contributed by atoms with Gasteiger partial charge in [0.25, 0.3) is 0 Å². The van der Waals surface area contributed by atoms with Crippen molar-refractivity contribution in [3.8, 4) is 0 Å². The Kier molecular flexibility index (Phi) is 17.3. The summed E-state index contributed by atoms with van der Waals surface area (Å²) < 4.78 is 0. The van der Waals surface area contributed by atoms with Crippen molar-refractivity contribution < 1.29 is 4.79 Å². The van der Waals surface area contributed by atoms with E-state index in [-0.39, 0.29) is 6.03 Å². The fourth-order valence-electron chi connectivity index (χ4n) is 4.05. The van der Waals surface area contributed by atoms with Crippen LogP contribution in [0.1, 0.15) is 117 Å². The Morgan fingerprint density at radius 1 is 0.828 bits per heavy atom. The Labute approximate surface area is 181 Å². The van der Waals surface area contributed by atoms with E-state index in [4.69, 9.17) is 0 Å². The minimum atomic E-state index is -0.0558. The molecule has 2 amide bonds. The van der Waals surface area contributed by atoms with E-state index in [0.717, 1.165) is 32.6 Å². The van der Waals surface area contributed by atoms with Gasteiger partial charge in [0, 0.05) is 32.2 Å². The summed E-state index contributed by atoms with van der Waals surface area (Å²) in [7, 11) is 0. The zero-order chi connectivity index (χ0) is 21.0. The molecule has 1 atom stereocenters. The van der Waals surface area contributed by atoms with Crippen molar-refractivity contribution in [3.05, 3.63) is 0 Å². The molecule has 0 spiro atoms. The number of amides is 2. The number of hydrogen-bond donors (Lipinski definition) is 3. The molecule has 1 aliphatic rings. The monoisotopic (exact) mass is 410 g/mol. The van der Waals surface area contributed by atoms with Gasteiger partial charge in [0.2, 0.25) is 0 Å². The van der Waals surface area contributed by atoms with Crippen LogP contribution in [-0.2, 0) is 0 Å². The van der Waals surface area contributed by atoms with Crippen LogP contribution in [0.3, 0.4) is 0 Å². The number of rotatable bonds is 18. The molecule has 1 saturated heterocycles. The first-order valence-corrected chi connectivity index (χ1v) is 12.8. The molecule has 172 valence electrons. The van der Waals surface area contributed by atoms with E-state index in [2.05, 4.69) is 29.9 Å². The predicted molar refractivity (Wildman–Crippen MR) is 125 cm³/mol. The number of nitrogens with one attached hydrogen (secondary N) is 3. The maximum Gasteiger partial charge on any atom is 0.329 e. The molecule has 0 radical (unpaired) electrons. The molecule has 5 nitrogen and oxygen atoms in total. The molecule has 0 aromatic heterocycles. The van der Waals surface area contributed by atoms with Crippen LogP contribution in [0.2, 0.25) is 0 Å². The fourth-order valence-corrected chi connectivity index (χ4v) is 4.05. The molecule has 29 heavy (non-hydrogen) atoms. The van der Waals surface area contributed by atoms with Crippen LogP contribution in [0.15, 0.2) is 0 Å². The number of unbranched alkanes of at least 4 members (excludes halogenated alkanes) is 15. The standard InChI is InChI=1S/C24H50N4O/c1-3-4-5-6-7-8-9-10-11-12-13-14-15-16-17-18-19-26-24(29)27-28-21-20-25-22-23(28)2/h23,25H,3-22H2,1-2H3,(H2,26,27,29). The summed E-state index contributed by atoms with van der Waals surface area (Å²) in [5.41, 5.74) is 2.97. The van der Waals surface area contributed by atoms with Crippen molar-refractivity contribution in [3.63, 3.8) is 0 Å². The summed E-state index contributed by atoms with van der Waals surface area (Å²) in [6.45, 7) is 7.93. The molecule has 5 heteroatoms. The largest absolute Gasteiger partial charge is 0.337 e. The molecule has 3 N–H and O–H groups in total. The van der Waals surface area contributed by atoms with Gasteiger partial charge in [-0.3, -0.25) is 5.43 Å². The SMILES string of the molecule is CCCCCCCCCCCCCCCCCCNC(=O)NN1CCNCC1C. The molecule has 1 rings (SSSR count). The van der Waals surface area contributed by atoms with Crippen molar-refractivity contribution >= 4 is 6.03 Å². The van der Waals surface area contributed by atoms with Crippen molar-refractivity contribution in [1.29, 1.82) is 0 Å². The lowest BCUT2D eigenvalue weighted by Gasteiger charge is -2.33. The van der Waals surface area contributed by atoms with Crippen molar-refractivity contribution in [2.24, 2.45) is 0 Å². The summed E-state index contributed by atoms with van der Waals surface area (Å²) in [6.07, 6.45) is 22.0. The van der Waals surface area contributed by atoms with E-state index in [0.29, 0.717) is 6.04 Å². The minimum absolute atomic E-state index is 0.0558. The van der Waals surface area contributed by atoms with Gasteiger partial charge in [-0.05, 0) is 13.3 Å². The highest BCUT2D eigenvalue weighted by Gasteiger charge is 2.19. The Hall–Kier alpha value is -0.810. The van der Waals surface area contributed by atoms with Crippen LogP contribution in [0.4, 0.5) is 4.79 Å². The van der Waals surface area contributed by atoms with Gasteiger partial charge >= 0.3 is 6.03 Å². The minimum Gasteiger partial charge on any atom is -0.337 e. The second-order valence-electron chi connectivity index (χ2n) is 8.92. The number of nitrogens with zero attached hydrogens (tertiary/aromatic N) is 1. The molecular formula is C24H50N4O. The Balaban J connectivity index is 1.75. The Bertz CT molecular complexity index is 378. The van der Waals surface area contributed by atoms with E-state index in [1.165, 1.54) is 96.3 Å². The Morgan fingerprint density at radius 2 is 1.31 bits per heavy atom. The average molecular weight is 411 g/mol. The third kappa shape index (κ3) is 15.7. The number of hydrogen-bond acceptors (Lipinski definition) is 3. The van der Waals surface area contributed by atoms with E-state index in [1.807, 2.05) is 5.01 Å². The Morgan fingerprint density at radius 3 is 1.79 bits per heavy atom. The summed E-state index contributed by atoms with van der Waals surface area (Å²) in [4.78, 5) is 11.9. The number of carbonyl (C=O) groups is 1. The summed E-state index contributed by atoms with van der Waals surface area (Å²) in [6, 6.07) is 0.296. The van der Waals surface area contributed by atoms with E-state index in [9.17, 15) is 4.79 Å².